The molecule has 2 heterocycles. The summed E-state index contributed by atoms with van der Waals surface area (Å²) < 4.78 is 59.6. The average molecular weight is 590 g/mol. The average Bonchev–Trinajstić information content (AvgIpc) is 3.36. The molecule has 1 amide bonds. The van der Waals surface area contributed by atoms with E-state index >= 15 is 0 Å². The number of para-hydroxylation sites is 1. The second kappa shape index (κ2) is 12.3. The van der Waals surface area contributed by atoms with Gasteiger partial charge >= 0.3 is 17.5 Å². The van der Waals surface area contributed by atoms with Crippen molar-refractivity contribution in [3.63, 3.8) is 0 Å². The number of hydrogen-bond donors (Lipinski definition) is 2. The van der Waals surface area contributed by atoms with Crippen LogP contribution in [0.4, 0.5) is 10.5 Å². The van der Waals surface area contributed by atoms with E-state index in [-0.39, 0.29) is 23.2 Å². The quantitative estimate of drug-likeness (QED) is 0.205. The first kappa shape index (κ1) is 28.7. The number of amides is 1. The van der Waals surface area contributed by atoms with Gasteiger partial charge in [0.1, 0.15) is 22.9 Å². The summed E-state index contributed by atoms with van der Waals surface area (Å²) in [5.41, 5.74) is 0.695. The molecule has 0 saturated carbocycles. The van der Waals surface area contributed by atoms with Crippen molar-refractivity contribution in [1.29, 1.82) is 0 Å². The highest BCUT2D eigenvalue weighted by atomic mass is 32.2. The predicted octanol–water partition coefficient (Wildman–Crippen LogP) is 3.75. The molecule has 2 aromatic heterocycles. The highest BCUT2D eigenvalue weighted by Gasteiger charge is 2.25. The first-order chi connectivity index (χ1) is 19.1. The third kappa shape index (κ3) is 6.12. The van der Waals surface area contributed by atoms with Crippen molar-refractivity contribution in [2.45, 2.75) is 13.2 Å². The minimum absolute atomic E-state index is 0.0346. The van der Waals surface area contributed by atoms with Crippen molar-refractivity contribution in [2.75, 3.05) is 10.8 Å². The van der Waals surface area contributed by atoms with Crippen LogP contribution in [0.3, 0.4) is 0 Å². The lowest BCUT2D eigenvalue weighted by atomic mass is 10.0. The molecule has 0 saturated heterocycles. The molecule has 2 aromatic carbocycles. The Morgan fingerprint density at radius 2 is 1.82 bits per heavy atom. The summed E-state index contributed by atoms with van der Waals surface area (Å²) in [5, 5.41) is 0.454. The van der Waals surface area contributed by atoms with Crippen molar-refractivity contribution < 1.29 is 40.8 Å². The number of carbonyl (C=O) groups is 2. The molecule has 3 unspecified atom stereocenters. The van der Waals surface area contributed by atoms with Gasteiger partial charge in [-0.15, -0.1) is 0 Å². The number of benzene rings is 2. The third-order valence-corrected chi connectivity index (χ3v) is 6.60. The van der Waals surface area contributed by atoms with Crippen molar-refractivity contribution in [3.05, 3.63) is 77.3 Å². The molecule has 40 heavy (non-hydrogen) atoms. The minimum Gasteiger partial charge on any atom is -0.457 e. The summed E-state index contributed by atoms with van der Waals surface area (Å²) in [5.74, 6) is 0.00380. The zero-order valence-corrected chi connectivity index (χ0v) is 22.7. The van der Waals surface area contributed by atoms with Gasteiger partial charge in [-0.3, -0.25) is 19.0 Å². The molecule has 0 aliphatic rings. The summed E-state index contributed by atoms with van der Waals surface area (Å²) in [6.07, 6.45) is 0.990. The molecule has 13 nitrogen and oxygen atoms in total. The van der Waals surface area contributed by atoms with E-state index in [0.717, 1.165) is 0 Å². The number of nitrogens with zero attached hydrogens (tertiary/aromatic N) is 3. The number of anilines is 1. The molecule has 2 N–H and O–H groups in total. The Kier molecular flexibility index (Phi) is 8.79. The van der Waals surface area contributed by atoms with Crippen molar-refractivity contribution in [3.8, 4) is 22.6 Å². The summed E-state index contributed by atoms with van der Waals surface area (Å²) in [4.78, 5) is 37.4. The highest BCUT2D eigenvalue weighted by molar-refractivity contribution is 7.79. The largest absolute Gasteiger partial charge is 0.457 e. The van der Waals surface area contributed by atoms with E-state index < -0.39 is 40.6 Å². The molecular weight excluding hydrogens is 566 g/mol. The molecule has 15 heteroatoms. The molecule has 0 spiro atoms. The van der Waals surface area contributed by atoms with Gasteiger partial charge in [0.25, 0.3) is 12.0 Å². The fraction of sp³-hybridized carbons (Fsp3) is 0.160. The van der Waals surface area contributed by atoms with Crippen molar-refractivity contribution in [1.82, 2.24) is 9.13 Å². The molecule has 0 fully saturated rings. The van der Waals surface area contributed by atoms with Gasteiger partial charge in [-0.05, 0) is 43.3 Å². The highest BCUT2D eigenvalue weighted by Crippen LogP contribution is 2.40. The zero-order chi connectivity index (χ0) is 29.0. The lowest BCUT2D eigenvalue weighted by Gasteiger charge is -2.22. The van der Waals surface area contributed by atoms with Crippen molar-refractivity contribution in [2.24, 2.45) is 7.05 Å². The number of aryl methyl sites for hydroxylation is 1. The van der Waals surface area contributed by atoms with Gasteiger partial charge in [0.05, 0.1) is 0 Å². The predicted molar refractivity (Wildman–Crippen MR) is 146 cm³/mol. The number of ether oxygens (including phenoxy) is 2. The topological polar surface area (TPSA) is 167 Å². The van der Waals surface area contributed by atoms with Crippen LogP contribution in [0.15, 0.2) is 71.8 Å². The van der Waals surface area contributed by atoms with Crippen LogP contribution in [-0.4, -0.2) is 45.1 Å². The van der Waals surface area contributed by atoms with Gasteiger partial charge in [0.2, 0.25) is 0 Å². The molecule has 0 bridgehead atoms. The van der Waals surface area contributed by atoms with Gasteiger partial charge in [0.15, 0.2) is 17.3 Å². The monoisotopic (exact) mass is 589 g/mol. The van der Waals surface area contributed by atoms with E-state index in [1.54, 1.807) is 49.6 Å². The maximum Gasteiger partial charge on any atom is 0.430 e. The number of hydrogen-bond acceptors (Lipinski definition) is 8. The second-order valence-electron chi connectivity index (χ2n) is 8.32. The Morgan fingerprint density at radius 3 is 2.48 bits per heavy atom. The summed E-state index contributed by atoms with van der Waals surface area (Å²) in [6, 6.07) is 14.8. The van der Waals surface area contributed by atoms with Gasteiger partial charge in [-0.2, -0.15) is 4.21 Å². The smallest absolute Gasteiger partial charge is 0.430 e. The molecular formula is C25H23N3O10S2. The van der Waals surface area contributed by atoms with Crippen LogP contribution in [0.2, 0.25) is 0 Å². The van der Waals surface area contributed by atoms with Crippen LogP contribution in [0.25, 0.3) is 22.0 Å². The zero-order valence-electron chi connectivity index (χ0n) is 21.0. The Balaban J connectivity index is 1.97. The van der Waals surface area contributed by atoms with Crippen LogP contribution in [0.1, 0.15) is 13.2 Å². The number of rotatable bonds is 10. The number of aromatic nitrogens is 2. The van der Waals surface area contributed by atoms with Crippen LogP contribution < -0.4 is 15.2 Å². The van der Waals surface area contributed by atoms with E-state index in [1.165, 1.54) is 34.4 Å². The lowest BCUT2D eigenvalue weighted by molar-refractivity contribution is -0.136. The van der Waals surface area contributed by atoms with E-state index in [0.29, 0.717) is 32.9 Å². The number of carbonyl (C=O) groups excluding carboxylic acids is 2. The van der Waals surface area contributed by atoms with Gasteiger partial charge in [0, 0.05) is 41.6 Å². The molecule has 210 valence electrons. The van der Waals surface area contributed by atoms with Crippen LogP contribution in [0, 0.1) is 0 Å². The van der Waals surface area contributed by atoms with Gasteiger partial charge < -0.3 is 27.3 Å². The van der Waals surface area contributed by atoms with E-state index in [4.69, 9.17) is 14.0 Å². The Labute approximate surface area is 232 Å². The molecule has 4 rings (SSSR count). The van der Waals surface area contributed by atoms with E-state index in [1.807, 2.05) is 6.07 Å². The Morgan fingerprint density at radius 1 is 1.10 bits per heavy atom. The molecule has 0 radical (unpaired) electrons. The lowest BCUT2D eigenvalue weighted by Crippen LogP contribution is -2.34. The molecule has 0 aliphatic heterocycles. The summed E-state index contributed by atoms with van der Waals surface area (Å²) in [6.45, 7) is 1.87. The van der Waals surface area contributed by atoms with E-state index in [2.05, 4.69) is 4.18 Å². The van der Waals surface area contributed by atoms with Crippen LogP contribution in [0.5, 0.6) is 11.5 Å². The molecule has 4 aromatic rings. The number of fused-ring (bicyclic) bond motifs is 1. The van der Waals surface area contributed by atoms with Crippen LogP contribution >= 0.6 is 0 Å². The summed E-state index contributed by atoms with van der Waals surface area (Å²) >= 11 is -5.51. The normalized spacial score (nSPS) is 13.3. The Bertz CT molecular complexity index is 1670. The SMILES string of the molecule is CC(OC=O)n1ccc2c(-c3cc(N(CS(=O)O)C(=O)OS(=O)O)ccc3Oc3ccccc3)cn(C)c(=O)c21. The maximum atomic E-state index is 13.2. The molecule has 3 atom stereocenters. The summed E-state index contributed by atoms with van der Waals surface area (Å²) in [7, 11) is 1.53. The maximum absolute atomic E-state index is 13.2. The fourth-order valence-corrected chi connectivity index (χ4v) is 4.78. The first-order valence-corrected chi connectivity index (χ1v) is 13.8. The Hall–Kier alpha value is -4.31. The first-order valence-electron chi connectivity index (χ1n) is 11.5. The fourth-order valence-electron chi connectivity index (χ4n) is 4.09. The van der Waals surface area contributed by atoms with Gasteiger partial charge in [-0.25, -0.2) is 9.00 Å². The van der Waals surface area contributed by atoms with Crippen LogP contribution in [-0.2, 0) is 43.2 Å². The van der Waals surface area contributed by atoms with Gasteiger partial charge in [-0.1, -0.05) is 18.2 Å². The third-order valence-electron chi connectivity index (χ3n) is 5.83. The van der Waals surface area contributed by atoms with E-state index in [9.17, 15) is 27.4 Å². The molecule has 0 aliphatic carbocycles. The number of pyridine rings is 1. The second-order valence-corrected chi connectivity index (χ2v) is 9.82. The van der Waals surface area contributed by atoms with Crippen molar-refractivity contribution >= 4 is 51.6 Å². The standard InChI is InChI=1S/C25H23N3O10S2/c1-16(36-15-29)27-11-10-19-21(13-26(2)24(30)23(19)27)20-12-17(28(14-39(32)33)25(31)38-40(34)35)8-9-22(20)37-18-6-4-3-5-7-18/h3-13,15-16H,14H2,1-2H3,(H,32,33)(H,34,35). The minimum atomic E-state index is -2.98.